The Hall–Kier alpha value is -1.71. The van der Waals surface area contributed by atoms with E-state index in [4.69, 9.17) is 4.74 Å². The third-order valence-electron chi connectivity index (χ3n) is 2.53. The fraction of sp³-hybridized carbons (Fsp3) is 0.533. The zero-order valence-corrected chi connectivity index (χ0v) is 12.5. The summed E-state index contributed by atoms with van der Waals surface area (Å²) in [6, 6.07) is 8.17. The fourth-order valence-corrected chi connectivity index (χ4v) is 1.47. The van der Waals surface area contributed by atoms with Crippen LogP contribution >= 0.6 is 0 Å². The van der Waals surface area contributed by atoms with Crippen LogP contribution in [-0.4, -0.2) is 36.7 Å². The Balaban J connectivity index is 2.32. The van der Waals surface area contributed by atoms with Gasteiger partial charge >= 0.3 is 6.09 Å². The van der Waals surface area contributed by atoms with Crippen molar-refractivity contribution in [3.63, 3.8) is 0 Å². The third-order valence-corrected chi connectivity index (χ3v) is 2.53. The van der Waals surface area contributed by atoms with E-state index in [1.807, 2.05) is 32.9 Å². The highest BCUT2D eigenvalue weighted by Crippen LogP contribution is 2.10. The number of benzene rings is 1. The molecule has 4 heteroatoms. The molecule has 0 heterocycles. The van der Waals surface area contributed by atoms with Crippen molar-refractivity contribution in [2.24, 2.45) is 0 Å². The van der Waals surface area contributed by atoms with Crippen molar-refractivity contribution in [2.45, 2.75) is 33.3 Å². The van der Waals surface area contributed by atoms with Gasteiger partial charge in [-0.25, -0.2) is 4.79 Å². The summed E-state index contributed by atoms with van der Waals surface area (Å²) in [5, 5.41) is 3.27. The van der Waals surface area contributed by atoms with Crippen molar-refractivity contribution in [3.05, 3.63) is 29.8 Å². The number of aryl methyl sites for hydroxylation is 1. The van der Waals surface area contributed by atoms with Crippen molar-refractivity contribution >= 4 is 11.8 Å². The number of carbonyl (C=O) groups excluding carboxylic acids is 1. The van der Waals surface area contributed by atoms with Crippen molar-refractivity contribution in [3.8, 4) is 0 Å². The topological polar surface area (TPSA) is 41.6 Å². The van der Waals surface area contributed by atoms with Crippen molar-refractivity contribution < 1.29 is 9.53 Å². The summed E-state index contributed by atoms with van der Waals surface area (Å²) < 4.78 is 5.28. The lowest BCUT2D eigenvalue weighted by atomic mass is 10.2. The van der Waals surface area contributed by atoms with Crippen LogP contribution in [0, 0.1) is 6.92 Å². The molecule has 0 saturated heterocycles. The maximum absolute atomic E-state index is 11.7. The Morgan fingerprint density at radius 3 is 2.37 bits per heavy atom. The van der Waals surface area contributed by atoms with E-state index in [0.29, 0.717) is 13.1 Å². The lowest BCUT2D eigenvalue weighted by Gasteiger charge is -2.24. The number of carbonyl (C=O) groups is 1. The van der Waals surface area contributed by atoms with Gasteiger partial charge in [0.05, 0.1) is 0 Å². The Bertz CT molecular complexity index is 407. The predicted molar refractivity (Wildman–Crippen MR) is 78.5 cm³/mol. The SMILES string of the molecule is Cc1ccc(NCCN(C)C(=O)OC(C)(C)C)cc1. The number of ether oxygens (including phenoxy) is 1. The molecule has 0 atom stereocenters. The second-order valence-corrected chi connectivity index (χ2v) is 5.69. The van der Waals surface area contributed by atoms with Crippen LogP contribution < -0.4 is 5.32 Å². The third kappa shape index (κ3) is 6.13. The highest BCUT2D eigenvalue weighted by molar-refractivity contribution is 5.67. The second-order valence-electron chi connectivity index (χ2n) is 5.69. The van der Waals surface area contributed by atoms with Gasteiger partial charge in [-0.05, 0) is 39.8 Å². The van der Waals surface area contributed by atoms with Crippen LogP contribution in [0.1, 0.15) is 26.3 Å². The first-order valence-corrected chi connectivity index (χ1v) is 6.52. The van der Waals surface area contributed by atoms with E-state index < -0.39 is 5.60 Å². The minimum Gasteiger partial charge on any atom is -0.444 e. The summed E-state index contributed by atoms with van der Waals surface area (Å²) in [5.41, 5.74) is 1.84. The van der Waals surface area contributed by atoms with E-state index in [1.54, 1.807) is 11.9 Å². The molecule has 0 aliphatic heterocycles. The molecule has 0 aliphatic rings. The molecule has 1 aromatic rings. The molecular weight excluding hydrogens is 240 g/mol. The van der Waals surface area contributed by atoms with Gasteiger partial charge in [0.25, 0.3) is 0 Å². The minimum atomic E-state index is -0.449. The number of amides is 1. The summed E-state index contributed by atoms with van der Waals surface area (Å²) >= 11 is 0. The van der Waals surface area contributed by atoms with Crippen LogP contribution in [0.3, 0.4) is 0 Å². The molecule has 0 aliphatic carbocycles. The van der Waals surface area contributed by atoms with E-state index in [0.717, 1.165) is 5.69 Å². The van der Waals surface area contributed by atoms with E-state index >= 15 is 0 Å². The average molecular weight is 264 g/mol. The molecule has 1 rings (SSSR count). The molecule has 1 N–H and O–H groups in total. The lowest BCUT2D eigenvalue weighted by molar-refractivity contribution is 0.0305. The van der Waals surface area contributed by atoms with Crippen molar-refractivity contribution in [1.29, 1.82) is 0 Å². The van der Waals surface area contributed by atoms with E-state index in [2.05, 4.69) is 24.4 Å². The van der Waals surface area contributed by atoms with Crippen molar-refractivity contribution in [2.75, 3.05) is 25.5 Å². The molecule has 0 radical (unpaired) electrons. The molecular formula is C15H24N2O2. The molecule has 0 saturated carbocycles. The van der Waals surface area contributed by atoms with Gasteiger partial charge < -0.3 is 15.0 Å². The molecule has 0 fully saturated rings. The Labute approximate surface area is 115 Å². The van der Waals surface area contributed by atoms with Gasteiger partial charge in [0.2, 0.25) is 0 Å². The summed E-state index contributed by atoms with van der Waals surface area (Å²) in [4.78, 5) is 13.3. The summed E-state index contributed by atoms with van der Waals surface area (Å²) in [6.07, 6.45) is -0.293. The van der Waals surface area contributed by atoms with Crippen LogP contribution in [0.5, 0.6) is 0 Å². The maximum atomic E-state index is 11.7. The van der Waals surface area contributed by atoms with Gasteiger partial charge in [-0.2, -0.15) is 0 Å². The van der Waals surface area contributed by atoms with Crippen LogP contribution in [0.25, 0.3) is 0 Å². The number of nitrogens with zero attached hydrogens (tertiary/aromatic N) is 1. The maximum Gasteiger partial charge on any atom is 0.410 e. The molecule has 1 amide bonds. The Kier molecular flexibility index (Phi) is 5.21. The highest BCUT2D eigenvalue weighted by atomic mass is 16.6. The van der Waals surface area contributed by atoms with Gasteiger partial charge in [0.1, 0.15) is 5.60 Å². The monoisotopic (exact) mass is 264 g/mol. The molecule has 0 unspecified atom stereocenters. The number of likely N-dealkylation sites (N-methyl/N-ethyl adjacent to an activating group) is 1. The molecule has 0 aromatic heterocycles. The molecule has 1 aromatic carbocycles. The van der Waals surface area contributed by atoms with Gasteiger partial charge in [-0.15, -0.1) is 0 Å². The van der Waals surface area contributed by atoms with E-state index in [-0.39, 0.29) is 6.09 Å². The Morgan fingerprint density at radius 1 is 1.26 bits per heavy atom. The smallest absolute Gasteiger partial charge is 0.410 e. The van der Waals surface area contributed by atoms with Gasteiger partial charge in [0, 0.05) is 25.8 Å². The Morgan fingerprint density at radius 2 is 1.84 bits per heavy atom. The van der Waals surface area contributed by atoms with Gasteiger partial charge in [-0.3, -0.25) is 0 Å². The molecule has 0 bridgehead atoms. The normalized spacial score (nSPS) is 11.0. The zero-order chi connectivity index (χ0) is 14.5. The summed E-state index contributed by atoms with van der Waals surface area (Å²) in [6.45, 7) is 8.94. The predicted octanol–water partition coefficient (Wildman–Crippen LogP) is 3.27. The van der Waals surface area contributed by atoms with Crippen molar-refractivity contribution in [1.82, 2.24) is 4.90 Å². The van der Waals surface area contributed by atoms with Gasteiger partial charge in [-0.1, -0.05) is 17.7 Å². The number of rotatable bonds is 4. The first-order chi connectivity index (χ1) is 8.78. The molecule has 106 valence electrons. The summed E-state index contributed by atoms with van der Waals surface area (Å²) in [5.74, 6) is 0. The average Bonchev–Trinajstić information content (AvgIpc) is 2.29. The highest BCUT2D eigenvalue weighted by Gasteiger charge is 2.18. The van der Waals surface area contributed by atoms with E-state index in [9.17, 15) is 4.79 Å². The summed E-state index contributed by atoms with van der Waals surface area (Å²) in [7, 11) is 1.74. The number of hydrogen-bond acceptors (Lipinski definition) is 3. The molecule has 19 heavy (non-hydrogen) atoms. The molecule has 0 spiro atoms. The minimum absolute atomic E-state index is 0.293. The lowest BCUT2D eigenvalue weighted by Crippen LogP contribution is -2.36. The number of hydrogen-bond donors (Lipinski definition) is 1. The van der Waals surface area contributed by atoms with E-state index in [1.165, 1.54) is 5.56 Å². The first-order valence-electron chi connectivity index (χ1n) is 6.52. The second kappa shape index (κ2) is 6.45. The number of anilines is 1. The molecule has 4 nitrogen and oxygen atoms in total. The fourth-order valence-electron chi connectivity index (χ4n) is 1.47. The first kappa shape index (κ1) is 15.3. The largest absolute Gasteiger partial charge is 0.444 e. The van der Waals surface area contributed by atoms with Crippen LogP contribution in [0.2, 0.25) is 0 Å². The zero-order valence-electron chi connectivity index (χ0n) is 12.5. The quantitative estimate of drug-likeness (QED) is 0.907. The van der Waals surface area contributed by atoms with Crippen LogP contribution in [-0.2, 0) is 4.74 Å². The standard InChI is InChI=1S/C15H24N2O2/c1-12-6-8-13(9-7-12)16-10-11-17(5)14(18)19-15(2,3)4/h6-9,16H,10-11H2,1-5H3. The van der Waals surface area contributed by atoms with Crippen LogP contribution in [0.15, 0.2) is 24.3 Å². The van der Waals surface area contributed by atoms with Crippen LogP contribution in [0.4, 0.5) is 10.5 Å². The van der Waals surface area contributed by atoms with Gasteiger partial charge in [0.15, 0.2) is 0 Å². The number of nitrogens with one attached hydrogen (secondary N) is 1.